The molecule has 0 atom stereocenters. The van der Waals surface area contributed by atoms with Crippen molar-refractivity contribution in [2.45, 2.75) is 51.7 Å². The molecule has 0 heterocycles. The van der Waals surface area contributed by atoms with Gasteiger partial charge in [0.15, 0.2) is 0 Å². The number of nitrogens with zero attached hydrogens (tertiary/aromatic N) is 1. The van der Waals surface area contributed by atoms with Gasteiger partial charge < -0.3 is 0 Å². The van der Waals surface area contributed by atoms with E-state index in [1.165, 1.54) is 32.1 Å². The predicted molar refractivity (Wildman–Crippen MR) is 72.4 cm³/mol. The molecule has 1 rings (SSSR count). The molecular weight excluding hydrogens is 198 g/mol. The van der Waals surface area contributed by atoms with Crippen molar-refractivity contribution in [3.63, 3.8) is 0 Å². The zero-order valence-corrected chi connectivity index (χ0v) is 11.5. The third kappa shape index (κ3) is 6.66. The number of hydrogen-bond donors (Lipinski definition) is 0. The van der Waals surface area contributed by atoms with Gasteiger partial charge >= 0.3 is 0 Å². The SMILES string of the molecule is C[Si](C)(C)/C=C/CN=CC1CCCCC1. The van der Waals surface area contributed by atoms with Crippen molar-refractivity contribution in [1.29, 1.82) is 0 Å². The first-order valence-corrected chi connectivity index (χ1v) is 9.83. The lowest BCUT2D eigenvalue weighted by atomic mass is 9.90. The summed E-state index contributed by atoms with van der Waals surface area (Å²) in [5, 5.41) is 0. The van der Waals surface area contributed by atoms with Gasteiger partial charge in [0.2, 0.25) is 0 Å². The van der Waals surface area contributed by atoms with Crippen molar-refractivity contribution in [3.8, 4) is 0 Å². The van der Waals surface area contributed by atoms with Crippen LogP contribution in [0.15, 0.2) is 16.8 Å². The van der Waals surface area contributed by atoms with Gasteiger partial charge in [-0.25, -0.2) is 0 Å². The maximum absolute atomic E-state index is 4.51. The predicted octanol–water partition coefficient (Wildman–Crippen LogP) is 4.07. The molecule has 0 aromatic rings. The Hall–Kier alpha value is -0.373. The Kier molecular flexibility index (Phi) is 5.30. The number of rotatable bonds is 4. The lowest BCUT2D eigenvalue weighted by Gasteiger charge is -2.16. The first-order chi connectivity index (χ1) is 7.08. The van der Waals surface area contributed by atoms with Gasteiger partial charge in [0.25, 0.3) is 0 Å². The normalized spacial score (nSPS) is 20.5. The largest absolute Gasteiger partial charge is 0.293 e. The van der Waals surface area contributed by atoms with Crippen LogP contribution in [-0.2, 0) is 0 Å². The summed E-state index contributed by atoms with van der Waals surface area (Å²) in [6, 6.07) is 0. The molecule has 0 radical (unpaired) electrons. The first-order valence-electron chi connectivity index (χ1n) is 6.25. The smallest absolute Gasteiger partial charge is 0.0683 e. The minimum atomic E-state index is -1.00. The van der Waals surface area contributed by atoms with E-state index in [9.17, 15) is 0 Å². The van der Waals surface area contributed by atoms with Crippen molar-refractivity contribution in [1.82, 2.24) is 0 Å². The third-order valence-corrected chi connectivity index (χ3v) is 4.03. The van der Waals surface area contributed by atoms with E-state index in [1.54, 1.807) is 0 Å². The molecule has 1 aliphatic rings. The van der Waals surface area contributed by atoms with E-state index in [0.29, 0.717) is 0 Å². The zero-order chi connectivity index (χ0) is 11.1. The van der Waals surface area contributed by atoms with E-state index in [-0.39, 0.29) is 0 Å². The average molecular weight is 223 g/mol. The molecule has 0 aromatic heterocycles. The summed E-state index contributed by atoms with van der Waals surface area (Å²) in [6.45, 7) is 7.96. The Morgan fingerprint density at radius 2 is 1.80 bits per heavy atom. The second kappa shape index (κ2) is 6.26. The topological polar surface area (TPSA) is 12.4 Å². The van der Waals surface area contributed by atoms with Crippen molar-refractivity contribution < 1.29 is 0 Å². The van der Waals surface area contributed by atoms with E-state index in [0.717, 1.165) is 12.5 Å². The fraction of sp³-hybridized carbons (Fsp3) is 0.769. The molecule has 0 bridgehead atoms. The van der Waals surface area contributed by atoms with Crippen molar-refractivity contribution >= 4 is 14.3 Å². The minimum Gasteiger partial charge on any atom is -0.293 e. The highest BCUT2D eigenvalue weighted by molar-refractivity contribution is 6.80. The van der Waals surface area contributed by atoms with Crippen molar-refractivity contribution in [2.24, 2.45) is 10.9 Å². The van der Waals surface area contributed by atoms with Gasteiger partial charge in [-0.1, -0.05) is 50.7 Å². The molecule has 0 aromatic carbocycles. The summed E-state index contributed by atoms with van der Waals surface area (Å²) in [5.74, 6) is 0.777. The Balaban J connectivity index is 2.18. The Labute approximate surface area is 95.7 Å². The second-order valence-electron chi connectivity index (χ2n) is 5.68. The zero-order valence-electron chi connectivity index (χ0n) is 10.5. The van der Waals surface area contributed by atoms with E-state index in [4.69, 9.17) is 0 Å². The lowest BCUT2D eigenvalue weighted by molar-refractivity contribution is 0.444. The molecule has 2 heteroatoms. The van der Waals surface area contributed by atoms with E-state index >= 15 is 0 Å². The van der Waals surface area contributed by atoms with Crippen LogP contribution in [0, 0.1) is 5.92 Å². The van der Waals surface area contributed by atoms with Gasteiger partial charge in [0.05, 0.1) is 14.6 Å². The van der Waals surface area contributed by atoms with Gasteiger partial charge in [-0.3, -0.25) is 4.99 Å². The highest BCUT2D eigenvalue weighted by atomic mass is 28.3. The van der Waals surface area contributed by atoms with Crippen LogP contribution in [0.4, 0.5) is 0 Å². The van der Waals surface area contributed by atoms with Gasteiger partial charge in [-0.05, 0) is 18.8 Å². The summed E-state index contributed by atoms with van der Waals surface area (Å²) in [7, 11) is -1.00. The van der Waals surface area contributed by atoms with Gasteiger partial charge in [-0.15, -0.1) is 0 Å². The molecule has 1 fully saturated rings. The highest BCUT2D eigenvalue weighted by Crippen LogP contribution is 2.21. The van der Waals surface area contributed by atoms with E-state index in [2.05, 4.69) is 42.6 Å². The van der Waals surface area contributed by atoms with Crippen molar-refractivity contribution in [2.75, 3.05) is 6.54 Å². The molecule has 1 nitrogen and oxygen atoms in total. The van der Waals surface area contributed by atoms with Crippen LogP contribution < -0.4 is 0 Å². The van der Waals surface area contributed by atoms with Crippen LogP contribution in [-0.4, -0.2) is 20.8 Å². The maximum Gasteiger partial charge on any atom is 0.0683 e. The van der Waals surface area contributed by atoms with Gasteiger partial charge in [0, 0.05) is 6.21 Å². The van der Waals surface area contributed by atoms with Gasteiger partial charge in [-0.2, -0.15) is 0 Å². The molecule has 0 spiro atoms. The number of hydrogen-bond acceptors (Lipinski definition) is 1. The Morgan fingerprint density at radius 3 is 2.40 bits per heavy atom. The molecule has 0 N–H and O–H groups in total. The second-order valence-corrected chi connectivity index (χ2v) is 10.7. The van der Waals surface area contributed by atoms with Crippen LogP contribution in [0.2, 0.25) is 19.6 Å². The van der Waals surface area contributed by atoms with Crippen molar-refractivity contribution in [3.05, 3.63) is 11.8 Å². The maximum atomic E-state index is 4.51. The Morgan fingerprint density at radius 1 is 1.13 bits per heavy atom. The summed E-state index contributed by atoms with van der Waals surface area (Å²) < 4.78 is 0. The first kappa shape index (κ1) is 12.7. The molecule has 86 valence electrons. The van der Waals surface area contributed by atoms with E-state index < -0.39 is 8.07 Å². The summed E-state index contributed by atoms with van der Waals surface area (Å²) in [4.78, 5) is 4.51. The fourth-order valence-electron chi connectivity index (χ4n) is 1.96. The molecule has 1 saturated carbocycles. The fourth-order valence-corrected chi connectivity index (χ4v) is 2.77. The average Bonchev–Trinajstić information content (AvgIpc) is 2.17. The monoisotopic (exact) mass is 223 g/mol. The molecule has 0 amide bonds. The molecule has 0 saturated heterocycles. The molecule has 0 aliphatic heterocycles. The summed E-state index contributed by atoms with van der Waals surface area (Å²) in [6.07, 6.45) is 11.4. The summed E-state index contributed by atoms with van der Waals surface area (Å²) in [5.41, 5.74) is 2.38. The molecule has 1 aliphatic carbocycles. The molecule has 15 heavy (non-hydrogen) atoms. The van der Waals surface area contributed by atoms with Crippen LogP contribution in [0.5, 0.6) is 0 Å². The molecule has 0 unspecified atom stereocenters. The minimum absolute atomic E-state index is 0.777. The van der Waals surface area contributed by atoms with Crippen LogP contribution in [0.3, 0.4) is 0 Å². The van der Waals surface area contributed by atoms with Crippen LogP contribution in [0.1, 0.15) is 32.1 Å². The number of aliphatic imine (C=N–C) groups is 1. The van der Waals surface area contributed by atoms with Crippen LogP contribution >= 0.6 is 0 Å². The van der Waals surface area contributed by atoms with E-state index in [1.807, 2.05) is 0 Å². The standard InChI is InChI=1S/C13H25NSi/c1-15(2,3)11-7-10-14-12-13-8-5-4-6-9-13/h7,11-13H,4-6,8-10H2,1-3H3/b11-7+,14-12?. The van der Waals surface area contributed by atoms with Crippen LogP contribution in [0.25, 0.3) is 0 Å². The summed E-state index contributed by atoms with van der Waals surface area (Å²) >= 11 is 0. The Bertz CT molecular complexity index is 219. The third-order valence-electron chi connectivity index (χ3n) is 2.79. The quantitative estimate of drug-likeness (QED) is 0.503. The lowest BCUT2D eigenvalue weighted by Crippen LogP contribution is -2.15. The molecular formula is C13H25NSi. The highest BCUT2D eigenvalue weighted by Gasteiger charge is 2.10. The van der Waals surface area contributed by atoms with Gasteiger partial charge in [0.1, 0.15) is 0 Å².